The molecule has 1 atom stereocenters. The summed E-state index contributed by atoms with van der Waals surface area (Å²) in [6, 6.07) is 0. The highest BCUT2D eigenvalue weighted by Crippen LogP contribution is 2.16. The summed E-state index contributed by atoms with van der Waals surface area (Å²) in [5.41, 5.74) is 5.44. The van der Waals surface area contributed by atoms with Gasteiger partial charge in [0.2, 0.25) is 0 Å². The lowest BCUT2D eigenvalue weighted by molar-refractivity contribution is 0.0352. The fourth-order valence-electron chi connectivity index (χ4n) is 1.83. The van der Waals surface area contributed by atoms with Crippen LogP contribution in [0.2, 0.25) is 0 Å². The Morgan fingerprint density at radius 3 is 3.31 bits per heavy atom. The van der Waals surface area contributed by atoms with Gasteiger partial charge in [-0.05, 0) is 12.8 Å². The molecule has 1 saturated heterocycles. The highest BCUT2D eigenvalue weighted by atomic mass is 16.5. The largest absolute Gasteiger partial charge is 0.490 e. The summed E-state index contributed by atoms with van der Waals surface area (Å²) in [5, 5.41) is 4.15. The molecule has 0 radical (unpaired) electrons. The molecule has 2 heterocycles. The van der Waals surface area contributed by atoms with E-state index in [1.165, 1.54) is 6.42 Å². The molecule has 1 aliphatic rings. The number of nitrogens with zero attached hydrogens (tertiary/aromatic N) is 2. The zero-order chi connectivity index (χ0) is 11.2. The molecule has 0 amide bonds. The molecule has 0 spiro atoms. The van der Waals surface area contributed by atoms with Gasteiger partial charge in [0, 0.05) is 19.1 Å². The molecule has 1 unspecified atom stereocenters. The molecule has 1 fully saturated rings. The minimum absolute atomic E-state index is 0.520. The summed E-state index contributed by atoms with van der Waals surface area (Å²) in [5.74, 6) is 1.34. The molecule has 0 aliphatic carbocycles. The highest BCUT2D eigenvalue weighted by molar-refractivity contribution is 5.11. The molecule has 2 N–H and O–H groups in total. The summed E-state index contributed by atoms with van der Waals surface area (Å²) >= 11 is 0. The van der Waals surface area contributed by atoms with Crippen molar-refractivity contribution in [3.05, 3.63) is 12.4 Å². The maximum Gasteiger partial charge on any atom is 0.157 e. The van der Waals surface area contributed by atoms with Crippen molar-refractivity contribution in [1.82, 2.24) is 9.78 Å². The monoisotopic (exact) mass is 225 g/mol. The topological polar surface area (TPSA) is 62.3 Å². The van der Waals surface area contributed by atoms with E-state index in [1.54, 1.807) is 10.9 Å². The van der Waals surface area contributed by atoms with Crippen LogP contribution in [-0.2, 0) is 11.3 Å². The Morgan fingerprint density at radius 2 is 2.56 bits per heavy atom. The zero-order valence-electron chi connectivity index (χ0n) is 9.47. The van der Waals surface area contributed by atoms with Gasteiger partial charge in [-0.1, -0.05) is 0 Å². The van der Waals surface area contributed by atoms with E-state index in [2.05, 4.69) is 5.10 Å². The van der Waals surface area contributed by atoms with Crippen molar-refractivity contribution in [2.45, 2.75) is 19.4 Å². The van der Waals surface area contributed by atoms with Crippen LogP contribution in [0, 0.1) is 5.92 Å². The van der Waals surface area contributed by atoms with Crippen LogP contribution in [-0.4, -0.2) is 36.1 Å². The third-order valence-electron chi connectivity index (χ3n) is 2.71. The average Bonchev–Trinajstić information content (AvgIpc) is 2.76. The van der Waals surface area contributed by atoms with E-state index in [1.807, 2.05) is 6.20 Å². The van der Waals surface area contributed by atoms with Gasteiger partial charge < -0.3 is 15.2 Å². The van der Waals surface area contributed by atoms with Crippen molar-refractivity contribution in [2.24, 2.45) is 11.7 Å². The fourth-order valence-corrected chi connectivity index (χ4v) is 1.83. The summed E-state index contributed by atoms with van der Waals surface area (Å²) in [7, 11) is 0. The van der Waals surface area contributed by atoms with Crippen LogP contribution in [0.15, 0.2) is 12.4 Å². The second-order valence-electron chi connectivity index (χ2n) is 4.12. The van der Waals surface area contributed by atoms with E-state index >= 15 is 0 Å². The number of aromatic nitrogens is 2. The molecule has 2 rings (SSSR count). The molecule has 16 heavy (non-hydrogen) atoms. The van der Waals surface area contributed by atoms with Crippen LogP contribution in [0.5, 0.6) is 5.75 Å². The van der Waals surface area contributed by atoms with Gasteiger partial charge >= 0.3 is 0 Å². The number of ether oxygens (including phenoxy) is 2. The van der Waals surface area contributed by atoms with Crippen LogP contribution in [0.3, 0.4) is 0 Å². The predicted molar refractivity (Wildman–Crippen MR) is 60.3 cm³/mol. The van der Waals surface area contributed by atoms with Crippen molar-refractivity contribution < 1.29 is 9.47 Å². The Morgan fingerprint density at radius 1 is 1.62 bits per heavy atom. The van der Waals surface area contributed by atoms with Crippen molar-refractivity contribution in [3.8, 4) is 5.75 Å². The molecular formula is C11H19N3O2. The van der Waals surface area contributed by atoms with Gasteiger partial charge in [0.1, 0.15) is 0 Å². The molecule has 0 aromatic carbocycles. The van der Waals surface area contributed by atoms with E-state index in [4.69, 9.17) is 15.2 Å². The number of hydrogen-bond acceptors (Lipinski definition) is 4. The summed E-state index contributed by atoms with van der Waals surface area (Å²) in [4.78, 5) is 0. The van der Waals surface area contributed by atoms with E-state index in [0.29, 0.717) is 19.1 Å². The lowest BCUT2D eigenvalue weighted by Gasteiger charge is -2.21. The third-order valence-corrected chi connectivity index (χ3v) is 2.71. The lowest BCUT2D eigenvalue weighted by atomic mass is 10.0. The Kier molecular flexibility index (Phi) is 4.18. The molecule has 90 valence electrons. The van der Waals surface area contributed by atoms with Crippen molar-refractivity contribution in [1.29, 1.82) is 0 Å². The maximum absolute atomic E-state index is 5.67. The summed E-state index contributed by atoms with van der Waals surface area (Å²) in [6.45, 7) is 3.75. The second kappa shape index (κ2) is 5.86. The van der Waals surface area contributed by atoms with E-state index in [9.17, 15) is 0 Å². The number of hydrogen-bond donors (Lipinski definition) is 1. The molecule has 5 nitrogen and oxygen atoms in total. The third kappa shape index (κ3) is 3.21. The summed E-state index contributed by atoms with van der Waals surface area (Å²) in [6.07, 6.45) is 5.95. The van der Waals surface area contributed by atoms with Gasteiger partial charge in [0.25, 0.3) is 0 Å². The smallest absolute Gasteiger partial charge is 0.157 e. The molecule has 0 bridgehead atoms. The number of rotatable bonds is 5. The minimum Gasteiger partial charge on any atom is -0.490 e. The fraction of sp³-hybridized carbons (Fsp3) is 0.727. The molecular weight excluding hydrogens is 206 g/mol. The highest BCUT2D eigenvalue weighted by Gasteiger charge is 2.14. The van der Waals surface area contributed by atoms with Gasteiger partial charge in [0.15, 0.2) is 5.75 Å². The van der Waals surface area contributed by atoms with Crippen molar-refractivity contribution in [3.63, 3.8) is 0 Å². The predicted octanol–water partition coefficient (Wildman–Crippen LogP) is 0.647. The first kappa shape index (κ1) is 11.4. The first-order chi connectivity index (χ1) is 7.88. The van der Waals surface area contributed by atoms with Crippen LogP contribution in [0.25, 0.3) is 0 Å². The second-order valence-corrected chi connectivity index (χ2v) is 4.12. The lowest BCUT2D eigenvalue weighted by Crippen LogP contribution is -2.23. The van der Waals surface area contributed by atoms with Gasteiger partial charge in [-0.2, -0.15) is 5.10 Å². The van der Waals surface area contributed by atoms with Gasteiger partial charge in [-0.25, -0.2) is 0 Å². The van der Waals surface area contributed by atoms with Crippen molar-refractivity contribution in [2.75, 3.05) is 26.4 Å². The van der Waals surface area contributed by atoms with Crippen LogP contribution in [0.1, 0.15) is 12.8 Å². The first-order valence-corrected chi connectivity index (χ1v) is 5.81. The normalized spacial score (nSPS) is 20.9. The molecule has 1 aliphatic heterocycles. The Labute approximate surface area is 95.5 Å². The van der Waals surface area contributed by atoms with Crippen LogP contribution >= 0.6 is 0 Å². The average molecular weight is 225 g/mol. The minimum atomic E-state index is 0.520. The van der Waals surface area contributed by atoms with E-state index in [0.717, 1.165) is 31.9 Å². The summed E-state index contributed by atoms with van der Waals surface area (Å²) < 4.78 is 12.9. The Bertz CT molecular complexity index is 308. The first-order valence-electron chi connectivity index (χ1n) is 5.81. The SMILES string of the molecule is NCCn1cc(OCC2CCCOC2)cn1. The molecule has 5 heteroatoms. The van der Waals surface area contributed by atoms with Crippen LogP contribution < -0.4 is 10.5 Å². The molecule has 0 saturated carbocycles. The molecule has 1 aromatic rings. The van der Waals surface area contributed by atoms with Gasteiger partial charge in [0.05, 0.1) is 32.2 Å². The number of nitrogens with two attached hydrogens (primary N) is 1. The van der Waals surface area contributed by atoms with Crippen LogP contribution in [0.4, 0.5) is 0 Å². The standard InChI is InChI=1S/C11H19N3O2/c12-3-4-14-7-11(6-13-14)16-9-10-2-1-5-15-8-10/h6-7,10H,1-5,8-9,12H2. The Hall–Kier alpha value is -1.07. The van der Waals surface area contributed by atoms with Gasteiger partial charge in [-0.15, -0.1) is 0 Å². The quantitative estimate of drug-likeness (QED) is 0.799. The van der Waals surface area contributed by atoms with Crippen molar-refractivity contribution >= 4 is 0 Å². The van der Waals surface area contributed by atoms with Gasteiger partial charge in [-0.3, -0.25) is 4.68 Å². The zero-order valence-corrected chi connectivity index (χ0v) is 9.47. The van der Waals surface area contributed by atoms with E-state index < -0.39 is 0 Å². The maximum atomic E-state index is 5.67. The molecule has 1 aromatic heterocycles. The Balaban J connectivity index is 1.75. The van der Waals surface area contributed by atoms with E-state index in [-0.39, 0.29) is 0 Å².